The van der Waals surface area contributed by atoms with Crippen molar-refractivity contribution < 1.29 is 27.6 Å². The lowest BCUT2D eigenvalue weighted by atomic mass is 9.83. The number of anilines is 1. The molecule has 0 radical (unpaired) electrons. The lowest BCUT2D eigenvalue weighted by molar-refractivity contribution is -0.146. The fourth-order valence-electron chi connectivity index (χ4n) is 4.51. The number of nitrogens with zero attached hydrogens (tertiary/aromatic N) is 1. The van der Waals surface area contributed by atoms with Gasteiger partial charge in [0.2, 0.25) is 18.0 Å². The molecule has 202 valence electrons. The number of nitrogens with two attached hydrogens (primary N) is 1. The van der Waals surface area contributed by atoms with Crippen LogP contribution in [0.4, 0.5) is 18.9 Å². The molecular weight excluding hydrogens is 544 g/mol. The van der Waals surface area contributed by atoms with Crippen LogP contribution in [0.5, 0.6) is 0 Å². The number of nitrogens with one attached hydrogen (secondary N) is 2. The van der Waals surface area contributed by atoms with Crippen LogP contribution < -0.4 is 16.4 Å². The minimum atomic E-state index is -4.55. The van der Waals surface area contributed by atoms with Gasteiger partial charge in [0.1, 0.15) is 0 Å². The van der Waals surface area contributed by atoms with E-state index in [0.29, 0.717) is 16.8 Å². The van der Waals surface area contributed by atoms with E-state index in [0.717, 1.165) is 12.8 Å². The van der Waals surface area contributed by atoms with Crippen LogP contribution in [0.25, 0.3) is 0 Å². The van der Waals surface area contributed by atoms with Crippen LogP contribution in [0.15, 0.2) is 47.5 Å². The van der Waals surface area contributed by atoms with Gasteiger partial charge < -0.3 is 16.4 Å². The number of hydrogen-bond acceptors (Lipinski definition) is 4. The van der Waals surface area contributed by atoms with Gasteiger partial charge in [-0.05, 0) is 30.9 Å². The second kappa shape index (κ2) is 11.3. The van der Waals surface area contributed by atoms with E-state index in [1.807, 2.05) is 0 Å². The predicted molar refractivity (Wildman–Crippen MR) is 138 cm³/mol. The second-order valence-corrected chi connectivity index (χ2v) is 10.3. The molecule has 0 saturated heterocycles. The summed E-state index contributed by atoms with van der Waals surface area (Å²) in [6.07, 6.45) is -6.17. The summed E-state index contributed by atoms with van der Waals surface area (Å²) >= 11 is 12.5. The molecule has 2 aromatic rings. The summed E-state index contributed by atoms with van der Waals surface area (Å²) in [5, 5.41) is 5.32. The first-order valence-electron chi connectivity index (χ1n) is 12.0. The maximum Gasteiger partial charge on any atom is 0.389 e. The molecule has 12 heteroatoms. The molecule has 0 spiro atoms. The van der Waals surface area contributed by atoms with Crippen LogP contribution in [0, 0.1) is 17.8 Å². The van der Waals surface area contributed by atoms with Crippen LogP contribution >= 0.6 is 23.2 Å². The van der Waals surface area contributed by atoms with Crippen molar-refractivity contribution in [1.82, 2.24) is 5.32 Å². The molecular formula is C26H25Cl2F3N4O3. The molecule has 3 unspecified atom stereocenters. The summed E-state index contributed by atoms with van der Waals surface area (Å²) < 4.78 is 39.3. The van der Waals surface area contributed by atoms with Gasteiger partial charge in [-0.2, -0.15) is 13.2 Å². The van der Waals surface area contributed by atoms with Crippen molar-refractivity contribution in [2.24, 2.45) is 28.5 Å². The predicted octanol–water partition coefficient (Wildman–Crippen LogP) is 5.09. The number of carbonyl (C=O) groups excluding carboxylic acids is 3. The zero-order chi connectivity index (χ0) is 27.6. The minimum absolute atomic E-state index is 0.0643. The van der Waals surface area contributed by atoms with Crippen molar-refractivity contribution in [1.29, 1.82) is 0 Å². The van der Waals surface area contributed by atoms with Crippen LogP contribution in [0.2, 0.25) is 10.0 Å². The van der Waals surface area contributed by atoms with E-state index in [1.165, 1.54) is 6.07 Å². The molecule has 4 N–H and O–H groups in total. The standard InChI is InChI=1S/C26H25Cl2F3N4O3/c27-18-9-8-16-20(14-4-2-1-3-5-14)33-23(25(38)34-21(16)19(18)28)35-24(37)15(10-11-26(29,30)31)17(22(32)36)12-13-6-7-13/h1-5,8-9,13,15,17,23H,6-7,10-12H2,(H2,32,36)(H,34,38)(H,35,37). The van der Waals surface area contributed by atoms with E-state index in [1.54, 1.807) is 36.4 Å². The fourth-order valence-corrected chi connectivity index (χ4v) is 4.88. The molecule has 38 heavy (non-hydrogen) atoms. The Morgan fingerprint density at radius 1 is 1.11 bits per heavy atom. The van der Waals surface area contributed by atoms with Crippen LogP contribution in [-0.4, -0.2) is 35.8 Å². The summed E-state index contributed by atoms with van der Waals surface area (Å²) in [5.41, 5.74) is 7.05. The molecule has 1 saturated carbocycles. The van der Waals surface area contributed by atoms with Gasteiger partial charge in [0.25, 0.3) is 5.91 Å². The molecule has 7 nitrogen and oxygen atoms in total. The number of hydrogen-bond donors (Lipinski definition) is 3. The lowest BCUT2D eigenvalue weighted by Crippen LogP contribution is -2.48. The summed E-state index contributed by atoms with van der Waals surface area (Å²) in [6.45, 7) is 0. The van der Waals surface area contributed by atoms with Gasteiger partial charge in [0.05, 0.1) is 21.4 Å². The third-order valence-corrected chi connectivity index (χ3v) is 7.45. The quantitative estimate of drug-likeness (QED) is 0.391. The van der Waals surface area contributed by atoms with E-state index in [2.05, 4.69) is 15.6 Å². The van der Waals surface area contributed by atoms with Crippen molar-refractivity contribution in [3.8, 4) is 0 Å². The molecule has 3 atom stereocenters. The summed E-state index contributed by atoms with van der Waals surface area (Å²) in [7, 11) is 0. The molecule has 1 fully saturated rings. The Labute approximate surface area is 227 Å². The highest BCUT2D eigenvalue weighted by Gasteiger charge is 2.41. The third-order valence-electron chi connectivity index (χ3n) is 6.64. The van der Waals surface area contributed by atoms with E-state index >= 15 is 0 Å². The largest absolute Gasteiger partial charge is 0.389 e. The van der Waals surface area contributed by atoms with Crippen molar-refractivity contribution in [3.05, 3.63) is 63.6 Å². The SMILES string of the molecule is NC(=O)C(CC1CC1)C(CCC(F)(F)F)C(=O)NC1N=C(c2ccccc2)c2ccc(Cl)c(Cl)c2NC1=O. The number of benzene rings is 2. The van der Waals surface area contributed by atoms with E-state index in [4.69, 9.17) is 28.9 Å². The number of alkyl halides is 3. The zero-order valence-corrected chi connectivity index (χ0v) is 21.5. The van der Waals surface area contributed by atoms with Crippen molar-refractivity contribution >= 4 is 52.3 Å². The number of primary amides is 1. The third kappa shape index (κ3) is 6.66. The molecule has 1 heterocycles. The number of benzodiazepines with no additional fused rings is 1. The maximum atomic E-state index is 13.4. The zero-order valence-electron chi connectivity index (χ0n) is 20.0. The van der Waals surface area contributed by atoms with Gasteiger partial charge in [-0.25, -0.2) is 4.99 Å². The van der Waals surface area contributed by atoms with Crippen LogP contribution in [0.3, 0.4) is 0 Å². The van der Waals surface area contributed by atoms with Crippen LogP contribution in [-0.2, 0) is 14.4 Å². The minimum Gasteiger partial charge on any atom is -0.369 e. The summed E-state index contributed by atoms with van der Waals surface area (Å²) in [6, 6.07) is 11.9. The molecule has 0 aromatic heterocycles. The number of amides is 3. The first-order chi connectivity index (χ1) is 17.9. The number of fused-ring (bicyclic) bond motifs is 1. The molecule has 4 rings (SSSR count). The lowest BCUT2D eigenvalue weighted by Gasteiger charge is -2.26. The molecule has 2 aromatic carbocycles. The van der Waals surface area contributed by atoms with Gasteiger partial charge in [0.15, 0.2) is 0 Å². The molecule has 1 aliphatic carbocycles. The van der Waals surface area contributed by atoms with Gasteiger partial charge in [-0.3, -0.25) is 14.4 Å². The van der Waals surface area contributed by atoms with Gasteiger partial charge in [0, 0.05) is 29.4 Å². The number of carbonyl (C=O) groups is 3. The van der Waals surface area contributed by atoms with Gasteiger partial charge >= 0.3 is 6.18 Å². The normalized spacial score (nSPS) is 18.9. The Morgan fingerprint density at radius 3 is 2.39 bits per heavy atom. The Hall–Kier alpha value is -3.11. The Balaban J connectivity index is 1.69. The Morgan fingerprint density at radius 2 is 1.79 bits per heavy atom. The summed E-state index contributed by atoms with van der Waals surface area (Å²) in [4.78, 5) is 43.3. The highest BCUT2D eigenvalue weighted by molar-refractivity contribution is 6.45. The van der Waals surface area contributed by atoms with Crippen molar-refractivity contribution in [2.45, 2.75) is 44.4 Å². The highest BCUT2D eigenvalue weighted by atomic mass is 35.5. The molecule has 3 amide bonds. The fraction of sp³-hybridized carbons (Fsp3) is 0.385. The van der Waals surface area contributed by atoms with Gasteiger partial charge in [-0.1, -0.05) is 66.4 Å². The van der Waals surface area contributed by atoms with Gasteiger partial charge in [-0.15, -0.1) is 0 Å². The topological polar surface area (TPSA) is 114 Å². The second-order valence-electron chi connectivity index (χ2n) is 9.48. The molecule has 1 aliphatic heterocycles. The first kappa shape index (κ1) is 27.9. The first-order valence-corrected chi connectivity index (χ1v) is 12.8. The number of halogens is 5. The summed E-state index contributed by atoms with van der Waals surface area (Å²) in [5.74, 6) is -4.92. The van der Waals surface area contributed by atoms with Crippen LogP contribution in [0.1, 0.15) is 43.2 Å². The van der Waals surface area contributed by atoms with E-state index in [9.17, 15) is 27.6 Å². The monoisotopic (exact) mass is 568 g/mol. The van der Waals surface area contributed by atoms with Crippen molar-refractivity contribution in [2.75, 3.05) is 5.32 Å². The Kier molecular flexibility index (Phi) is 8.32. The van der Waals surface area contributed by atoms with Crippen molar-refractivity contribution in [3.63, 3.8) is 0 Å². The van der Waals surface area contributed by atoms with E-state index < -0.39 is 54.7 Å². The number of rotatable bonds is 9. The smallest absolute Gasteiger partial charge is 0.369 e. The number of aliphatic imine (C=N–C) groups is 1. The molecule has 2 aliphatic rings. The Bertz CT molecular complexity index is 1270. The highest BCUT2D eigenvalue weighted by Crippen LogP contribution is 2.40. The molecule has 0 bridgehead atoms. The van der Waals surface area contributed by atoms with E-state index in [-0.39, 0.29) is 28.1 Å². The average molecular weight is 569 g/mol. The average Bonchev–Trinajstić information content (AvgIpc) is 3.69. The maximum absolute atomic E-state index is 13.4.